The number of fused-ring (bicyclic) bond motifs is 2. The molecule has 4 amide bonds. The van der Waals surface area contributed by atoms with Gasteiger partial charge in [-0.25, -0.2) is 17.7 Å². The Kier molecular flexibility index (Phi) is 10.5. The van der Waals surface area contributed by atoms with Gasteiger partial charge in [0.1, 0.15) is 29.6 Å². The fourth-order valence-corrected chi connectivity index (χ4v) is 9.45. The maximum atomic E-state index is 15.9. The van der Waals surface area contributed by atoms with Gasteiger partial charge in [0.2, 0.25) is 17.7 Å². The van der Waals surface area contributed by atoms with E-state index in [4.69, 9.17) is 5.10 Å². The van der Waals surface area contributed by atoms with Gasteiger partial charge in [0.15, 0.2) is 0 Å². The number of nitrogens with zero attached hydrogens (tertiary/aromatic N) is 8. The number of nitrogens with one attached hydrogen (secondary N) is 2. The van der Waals surface area contributed by atoms with Crippen LogP contribution < -0.4 is 15.5 Å². The summed E-state index contributed by atoms with van der Waals surface area (Å²) in [5.41, 5.74) is 1.35. The molecular weight excluding hydrogens is 806 g/mol. The molecule has 15 nitrogen and oxygen atoms in total. The SMILES string of the molecule is CC(C)(O)c1cc2nn(C3CCN(C4CCN(C(=O)C5CN(c6cc(F)c([C@H]7CCC(=O)NC7=O)c(F)c6)C5)C[C@H]4F)CC3)cc2cc1NC(=O)c1ccc2cc(C#N)cnn12. The molecule has 18 heteroatoms. The highest BCUT2D eigenvalue weighted by molar-refractivity contribution is 6.05. The molecule has 7 heterocycles. The number of likely N-dealkylation sites (tertiary alicyclic amines) is 2. The molecule has 5 aromatic rings. The van der Waals surface area contributed by atoms with E-state index >= 15 is 13.2 Å². The number of anilines is 2. The van der Waals surface area contributed by atoms with Crippen LogP contribution in [0.25, 0.3) is 16.4 Å². The number of hydrogen-bond donors (Lipinski definition) is 3. The van der Waals surface area contributed by atoms with Crippen molar-refractivity contribution in [1.29, 1.82) is 5.26 Å². The van der Waals surface area contributed by atoms with Gasteiger partial charge >= 0.3 is 0 Å². The first-order valence-corrected chi connectivity index (χ1v) is 20.8. The first kappa shape index (κ1) is 41.1. The van der Waals surface area contributed by atoms with E-state index in [0.717, 1.165) is 30.4 Å². The third kappa shape index (κ3) is 7.64. The number of aromatic nitrogens is 4. The normalized spacial score (nSPS) is 21.9. The molecule has 3 aromatic heterocycles. The smallest absolute Gasteiger partial charge is 0.274 e. The van der Waals surface area contributed by atoms with Gasteiger partial charge in [-0.15, -0.1) is 0 Å². The average Bonchev–Trinajstić information content (AvgIpc) is 3.84. The van der Waals surface area contributed by atoms with Gasteiger partial charge in [-0.2, -0.15) is 15.5 Å². The molecule has 0 radical (unpaired) electrons. The number of carbonyl (C=O) groups excluding carboxylic acids is 4. The van der Waals surface area contributed by atoms with Gasteiger partial charge in [-0.1, -0.05) is 0 Å². The summed E-state index contributed by atoms with van der Waals surface area (Å²) in [5, 5.41) is 35.3. The lowest BCUT2D eigenvalue weighted by atomic mass is 9.89. The second-order valence-electron chi connectivity index (χ2n) is 17.3. The zero-order valence-electron chi connectivity index (χ0n) is 34.2. The van der Waals surface area contributed by atoms with E-state index in [9.17, 15) is 29.5 Å². The maximum absolute atomic E-state index is 15.9. The monoisotopic (exact) mass is 850 g/mol. The second-order valence-corrected chi connectivity index (χ2v) is 17.3. The summed E-state index contributed by atoms with van der Waals surface area (Å²) < 4.78 is 49.5. The van der Waals surface area contributed by atoms with Crippen molar-refractivity contribution in [1.82, 2.24) is 34.5 Å². The number of benzene rings is 2. The topological polar surface area (TPSA) is 181 Å². The lowest BCUT2D eigenvalue weighted by Gasteiger charge is -2.46. The van der Waals surface area contributed by atoms with Crippen molar-refractivity contribution in [2.75, 3.05) is 49.5 Å². The van der Waals surface area contributed by atoms with Gasteiger partial charge in [-0.05, 0) is 82.0 Å². The summed E-state index contributed by atoms with van der Waals surface area (Å²) in [6.45, 7) is 5.37. The summed E-state index contributed by atoms with van der Waals surface area (Å²) >= 11 is 0. The number of rotatable bonds is 8. The zero-order valence-corrected chi connectivity index (χ0v) is 34.2. The van der Waals surface area contributed by atoms with Gasteiger partial charge < -0.3 is 20.2 Å². The van der Waals surface area contributed by atoms with Crippen LogP contribution in [0, 0.1) is 28.9 Å². The molecule has 0 bridgehead atoms. The van der Waals surface area contributed by atoms with Crippen molar-refractivity contribution in [2.24, 2.45) is 5.92 Å². The fourth-order valence-electron chi connectivity index (χ4n) is 9.45. The van der Waals surface area contributed by atoms with Crippen molar-refractivity contribution < 1.29 is 37.5 Å². The Hall–Kier alpha value is -6.32. The van der Waals surface area contributed by atoms with E-state index in [-0.39, 0.29) is 67.4 Å². The molecule has 1 unspecified atom stereocenters. The van der Waals surface area contributed by atoms with E-state index in [0.29, 0.717) is 53.9 Å². The summed E-state index contributed by atoms with van der Waals surface area (Å²) in [5.74, 6) is -5.14. The van der Waals surface area contributed by atoms with Crippen molar-refractivity contribution in [3.63, 3.8) is 0 Å². The van der Waals surface area contributed by atoms with Crippen molar-refractivity contribution >= 4 is 51.4 Å². The molecule has 322 valence electrons. The molecule has 3 N–H and O–H groups in total. The highest BCUT2D eigenvalue weighted by Crippen LogP contribution is 2.37. The predicted octanol–water partition coefficient (Wildman–Crippen LogP) is 4.55. The minimum Gasteiger partial charge on any atom is -0.386 e. The van der Waals surface area contributed by atoms with Crippen LogP contribution in [0.15, 0.2) is 54.9 Å². The molecule has 4 saturated heterocycles. The Morgan fingerprint density at radius 3 is 2.40 bits per heavy atom. The molecule has 0 spiro atoms. The highest BCUT2D eigenvalue weighted by Gasteiger charge is 2.42. The molecule has 62 heavy (non-hydrogen) atoms. The summed E-state index contributed by atoms with van der Waals surface area (Å²) in [4.78, 5) is 56.1. The van der Waals surface area contributed by atoms with Gasteiger partial charge in [0.25, 0.3) is 5.91 Å². The fraction of sp³-hybridized carbons (Fsp3) is 0.432. The Morgan fingerprint density at radius 1 is 0.984 bits per heavy atom. The van der Waals surface area contributed by atoms with Crippen LogP contribution in [0.4, 0.5) is 24.5 Å². The number of nitriles is 1. The number of aliphatic hydroxyl groups is 1. The molecular formula is C44H45F3N10O5. The first-order valence-electron chi connectivity index (χ1n) is 20.8. The number of halogens is 3. The molecule has 3 atom stereocenters. The quantitative estimate of drug-likeness (QED) is 0.188. The molecule has 4 aliphatic rings. The van der Waals surface area contributed by atoms with E-state index in [1.165, 1.54) is 10.7 Å². The molecule has 0 saturated carbocycles. The van der Waals surface area contributed by atoms with E-state index in [1.807, 2.05) is 16.9 Å². The minimum absolute atomic E-state index is 0.00635. The van der Waals surface area contributed by atoms with Crippen LogP contribution in [0.5, 0.6) is 0 Å². The largest absolute Gasteiger partial charge is 0.386 e. The van der Waals surface area contributed by atoms with Crippen molar-refractivity contribution in [3.05, 3.63) is 88.9 Å². The summed E-state index contributed by atoms with van der Waals surface area (Å²) in [6.07, 6.45) is 3.98. The molecule has 2 aromatic carbocycles. The average molecular weight is 851 g/mol. The Labute approximate surface area is 354 Å². The van der Waals surface area contributed by atoms with Crippen molar-refractivity contribution in [2.45, 2.75) is 75.7 Å². The van der Waals surface area contributed by atoms with Gasteiger partial charge in [0.05, 0.1) is 52.8 Å². The predicted molar refractivity (Wildman–Crippen MR) is 220 cm³/mol. The molecule has 4 fully saturated rings. The van der Waals surface area contributed by atoms with Crippen LogP contribution in [0.3, 0.4) is 0 Å². The number of piperidine rings is 3. The van der Waals surface area contributed by atoms with Crippen LogP contribution >= 0.6 is 0 Å². The van der Waals surface area contributed by atoms with Gasteiger partial charge in [0, 0.05) is 79.3 Å². The first-order chi connectivity index (χ1) is 29.6. The van der Waals surface area contributed by atoms with Crippen LogP contribution in [0.2, 0.25) is 0 Å². The Bertz CT molecular complexity index is 2650. The minimum atomic E-state index is -1.31. The van der Waals surface area contributed by atoms with Crippen LogP contribution in [0.1, 0.15) is 85.1 Å². The number of amides is 4. The lowest BCUT2D eigenvalue weighted by molar-refractivity contribution is -0.140. The molecule has 4 aliphatic heterocycles. The summed E-state index contributed by atoms with van der Waals surface area (Å²) in [6, 6.07) is 12.6. The molecule has 0 aliphatic carbocycles. The van der Waals surface area contributed by atoms with Crippen molar-refractivity contribution in [3.8, 4) is 6.07 Å². The Balaban J connectivity index is 0.792. The zero-order chi connectivity index (χ0) is 43.6. The number of imide groups is 1. The number of alkyl halides is 1. The van der Waals surface area contributed by atoms with Crippen LogP contribution in [-0.2, 0) is 20.0 Å². The third-order valence-electron chi connectivity index (χ3n) is 12.8. The van der Waals surface area contributed by atoms with Gasteiger partial charge in [-0.3, -0.25) is 34.1 Å². The lowest BCUT2D eigenvalue weighted by Crippen LogP contribution is -2.60. The van der Waals surface area contributed by atoms with E-state index in [2.05, 4.69) is 20.6 Å². The Morgan fingerprint density at radius 2 is 1.73 bits per heavy atom. The van der Waals surface area contributed by atoms with E-state index < -0.39 is 53.0 Å². The van der Waals surface area contributed by atoms with E-state index in [1.54, 1.807) is 54.0 Å². The number of carbonyl (C=O) groups is 4. The maximum Gasteiger partial charge on any atom is 0.274 e. The highest BCUT2D eigenvalue weighted by atomic mass is 19.1. The third-order valence-corrected chi connectivity index (χ3v) is 12.8. The molecule has 9 rings (SSSR count). The number of hydrogen-bond acceptors (Lipinski definition) is 10. The van der Waals surface area contributed by atoms with Crippen LogP contribution in [-0.4, -0.2) is 109 Å². The standard InChI is InChI=1S/C44H45F3N10O5/c1-44(2,62)31-17-35-25(14-36(31)50-42(60)38-5-3-28-13-24(18-48)19-49-57(28)38)22-56(52-35)27-7-10-53(11-8-27)37-9-12-54(23-34(37)47)43(61)26-20-55(21-26)29-15-32(45)40(33(46)16-29)30-4-6-39(58)51-41(30)59/h3,5,13-17,19,22,26-27,30,34,37,62H,4,6-12,20-21,23H2,1-2H3,(H,50,60)(H,51,58,59)/t30-,34-,37?/m1/s1. The summed E-state index contributed by atoms with van der Waals surface area (Å²) in [7, 11) is 0. The second kappa shape index (κ2) is 15.9.